The van der Waals surface area contributed by atoms with Crippen LogP contribution in [-0.4, -0.2) is 15.8 Å². The van der Waals surface area contributed by atoms with E-state index < -0.39 is 0 Å². The molecular formula is C42H32N4. The highest BCUT2D eigenvalue weighted by atomic mass is 15.0. The van der Waals surface area contributed by atoms with Crippen molar-refractivity contribution in [3.63, 3.8) is 0 Å². The van der Waals surface area contributed by atoms with E-state index in [1.54, 1.807) is 0 Å². The molecule has 1 aromatic heterocycles. The van der Waals surface area contributed by atoms with Gasteiger partial charge < -0.3 is 5.32 Å². The molecule has 0 spiro atoms. The summed E-state index contributed by atoms with van der Waals surface area (Å²) in [5, 5.41) is 4.48. The largest absolute Gasteiger partial charge is 0.344 e. The smallest absolute Gasteiger partial charge is 0.126 e. The number of rotatable bonds is 5. The summed E-state index contributed by atoms with van der Waals surface area (Å²) in [6.07, 6.45) is 0. The third-order valence-corrected chi connectivity index (χ3v) is 8.71. The molecule has 0 fully saturated rings. The highest BCUT2D eigenvalue weighted by molar-refractivity contribution is 5.97. The fraction of sp³-hybridized carbons (Fsp3) is 0.0714. The number of hydrogen-bond donors (Lipinski definition) is 1. The van der Waals surface area contributed by atoms with Crippen molar-refractivity contribution in [3.05, 3.63) is 163 Å². The molecular weight excluding hydrogens is 560 g/mol. The molecule has 1 aliphatic rings. The zero-order chi connectivity index (χ0) is 31.0. The van der Waals surface area contributed by atoms with E-state index in [1.807, 2.05) is 26.0 Å². The predicted octanol–water partition coefficient (Wildman–Crippen LogP) is 10.5. The number of para-hydroxylation sites is 2. The first kappa shape index (κ1) is 27.7. The SMILES string of the molecule is CC1=NC(c2cccc(-c3ccccc3-c3ccccc3-c3cccc(-c4nc(C)nc5ccccc45)c3)c2)c2ccccc2N1. The molecule has 4 nitrogen and oxygen atoms in total. The maximum atomic E-state index is 5.02. The van der Waals surface area contributed by atoms with Gasteiger partial charge in [0.15, 0.2) is 0 Å². The number of nitrogens with zero attached hydrogens (tertiary/aromatic N) is 3. The fourth-order valence-corrected chi connectivity index (χ4v) is 6.66. The van der Waals surface area contributed by atoms with Crippen molar-refractivity contribution in [3.8, 4) is 44.6 Å². The summed E-state index contributed by atoms with van der Waals surface area (Å²) in [5.74, 6) is 1.69. The van der Waals surface area contributed by atoms with Gasteiger partial charge in [0.25, 0.3) is 0 Å². The second kappa shape index (κ2) is 11.6. The van der Waals surface area contributed by atoms with Gasteiger partial charge in [0.1, 0.15) is 11.9 Å². The van der Waals surface area contributed by atoms with Crippen LogP contribution < -0.4 is 5.32 Å². The van der Waals surface area contributed by atoms with E-state index in [2.05, 4.69) is 144 Å². The Bertz CT molecular complexity index is 2280. The van der Waals surface area contributed by atoms with Crippen molar-refractivity contribution in [2.24, 2.45) is 4.99 Å². The monoisotopic (exact) mass is 592 g/mol. The zero-order valence-corrected chi connectivity index (χ0v) is 25.8. The molecule has 220 valence electrons. The Morgan fingerprint density at radius 2 is 1.13 bits per heavy atom. The fourth-order valence-electron chi connectivity index (χ4n) is 6.66. The Hall–Kier alpha value is -5.87. The van der Waals surface area contributed by atoms with Gasteiger partial charge in [-0.15, -0.1) is 0 Å². The molecule has 0 saturated carbocycles. The number of benzene rings is 6. The van der Waals surface area contributed by atoms with Crippen LogP contribution in [0.15, 0.2) is 151 Å². The number of hydrogen-bond acceptors (Lipinski definition) is 4. The van der Waals surface area contributed by atoms with Crippen LogP contribution in [0, 0.1) is 6.92 Å². The number of fused-ring (bicyclic) bond motifs is 2. The zero-order valence-electron chi connectivity index (χ0n) is 25.8. The van der Waals surface area contributed by atoms with Gasteiger partial charge >= 0.3 is 0 Å². The summed E-state index contributed by atoms with van der Waals surface area (Å²) in [4.78, 5) is 14.6. The Morgan fingerprint density at radius 1 is 0.522 bits per heavy atom. The lowest BCUT2D eigenvalue weighted by molar-refractivity contribution is 0.862. The molecule has 0 amide bonds. The Kier molecular flexibility index (Phi) is 6.96. The minimum atomic E-state index is -0.0545. The first-order chi connectivity index (χ1) is 22.6. The second-order valence-corrected chi connectivity index (χ2v) is 11.8. The Morgan fingerprint density at radius 3 is 1.91 bits per heavy atom. The average Bonchev–Trinajstić information content (AvgIpc) is 3.11. The Labute approximate surface area is 269 Å². The summed E-state index contributed by atoms with van der Waals surface area (Å²) < 4.78 is 0. The topological polar surface area (TPSA) is 50.2 Å². The van der Waals surface area contributed by atoms with Crippen molar-refractivity contribution >= 4 is 22.4 Å². The van der Waals surface area contributed by atoms with Crippen molar-refractivity contribution < 1.29 is 0 Å². The molecule has 7 aromatic rings. The highest BCUT2D eigenvalue weighted by Gasteiger charge is 2.22. The highest BCUT2D eigenvalue weighted by Crippen LogP contribution is 2.41. The van der Waals surface area contributed by atoms with Crippen LogP contribution in [0.25, 0.3) is 55.5 Å². The van der Waals surface area contributed by atoms with Gasteiger partial charge in [-0.05, 0) is 77.1 Å². The number of amidine groups is 1. The van der Waals surface area contributed by atoms with E-state index in [0.29, 0.717) is 0 Å². The first-order valence-electron chi connectivity index (χ1n) is 15.7. The molecule has 6 aromatic carbocycles. The molecule has 2 heterocycles. The van der Waals surface area contributed by atoms with Crippen LogP contribution in [-0.2, 0) is 0 Å². The standard InChI is InChI=1S/C42H32N4/c1-27-43-39-23-9-7-21-37(39)41(45-27)31-15-11-13-29(25-31)33-17-3-5-19-35(33)36-20-6-4-18-34(36)30-14-12-16-32(26-30)42-38-22-8-10-24-40(38)44-28(2)46-42/h3-26,41H,1-2H3,(H,43,45). The Balaban J connectivity index is 1.23. The lowest BCUT2D eigenvalue weighted by atomic mass is 9.87. The molecule has 1 unspecified atom stereocenters. The molecule has 8 rings (SSSR count). The molecule has 0 saturated heterocycles. The van der Waals surface area contributed by atoms with E-state index in [0.717, 1.165) is 45.1 Å². The van der Waals surface area contributed by atoms with Gasteiger partial charge in [-0.3, -0.25) is 4.99 Å². The van der Waals surface area contributed by atoms with E-state index in [9.17, 15) is 0 Å². The molecule has 1 N–H and O–H groups in total. The number of aryl methyl sites for hydroxylation is 1. The van der Waals surface area contributed by atoms with Crippen LogP contribution in [0.3, 0.4) is 0 Å². The van der Waals surface area contributed by atoms with Crippen LogP contribution >= 0.6 is 0 Å². The quantitative estimate of drug-likeness (QED) is 0.216. The second-order valence-electron chi connectivity index (χ2n) is 11.8. The third-order valence-electron chi connectivity index (χ3n) is 8.71. The van der Waals surface area contributed by atoms with E-state index >= 15 is 0 Å². The lowest BCUT2D eigenvalue weighted by Gasteiger charge is -2.25. The summed E-state index contributed by atoms with van der Waals surface area (Å²) in [5.41, 5.74) is 13.5. The summed E-state index contributed by atoms with van der Waals surface area (Å²) in [6.45, 7) is 3.99. The van der Waals surface area contributed by atoms with E-state index in [-0.39, 0.29) is 6.04 Å². The minimum absolute atomic E-state index is 0.0545. The van der Waals surface area contributed by atoms with Gasteiger partial charge in [-0.2, -0.15) is 0 Å². The van der Waals surface area contributed by atoms with Gasteiger partial charge in [0.05, 0.1) is 17.0 Å². The van der Waals surface area contributed by atoms with E-state index in [1.165, 1.54) is 38.9 Å². The van der Waals surface area contributed by atoms with Crippen molar-refractivity contribution in [2.45, 2.75) is 19.9 Å². The van der Waals surface area contributed by atoms with Crippen LogP contribution in [0.4, 0.5) is 5.69 Å². The van der Waals surface area contributed by atoms with Crippen molar-refractivity contribution in [1.29, 1.82) is 0 Å². The van der Waals surface area contributed by atoms with Crippen molar-refractivity contribution in [2.75, 3.05) is 5.32 Å². The maximum absolute atomic E-state index is 5.02. The molecule has 1 atom stereocenters. The molecule has 0 bridgehead atoms. The van der Waals surface area contributed by atoms with Gasteiger partial charge in [-0.25, -0.2) is 9.97 Å². The van der Waals surface area contributed by atoms with Crippen LogP contribution in [0.1, 0.15) is 29.9 Å². The van der Waals surface area contributed by atoms with E-state index in [4.69, 9.17) is 9.98 Å². The molecule has 4 heteroatoms. The number of aromatic nitrogens is 2. The van der Waals surface area contributed by atoms with Crippen LogP contribution in [0.2, 0.25) is 0 Å². The normalized spacial score (nSPS) is 14.0. The molecule has 46 heavy (non-hydrogen) atoms. The van der Waals surface area contributed by atoms with Crippen molar-refractivity contribution in [1.82, 2.24) is 9.97 Å². The average molecular weight is 593 g/mol. The predicted molar refractivity (Wildman–Crippen MR) is 191 cm³/mol. The molecule has 0 aliphatic carbocycles. The third kappa shape index (κ3) is 5.04. The summed E-state index contributed by atoms with van der Waals surface area (Å²) >= 11 is 0. The number of nitrogens with one attached hydrogen (secondary N) is 1. The van der Waals surface area contributed by atoms with Gasteiger partial charge in [-0.1, -0.05) is 121 Å². The lowest BCUT2D eigenvalue weighted by Crippen LogP contribution is -2.18. The maximum Gasteiger partial charge on any atom is 0.126 e. The van der Waals surface area contributed by atoms with Gasteiger partial charge in [0, 0.05) is 22.2 Å². The van der Waals surface area contributed by atoms with Crippen LogP contribution in [0.5, 0.6) is 0 Å². The first-order valence-corrected chi connectivity index (χ1v) is 15.7. The molecule has 1 aliphatic heterocycles. The molecule has 0 radical (unpaired) electrons. The number of anilines is 1. The summed E-state index contributed by atoms with van der Waals surface area (Å²) in [7, 11) is 0. The minimum Gasteiger partial charge on any atom is -0.344 e. The van der Waals surface area contributed by atoms with Gasteiger partial charge in [0.2, 0.25) is 0 Å². The summed E-state index contributed by atoms with van der Waals surface area (Å²) in [6, 6.07) is 51.6. The number of aliphatic imine (C=N–C) groups is 1.